The highest BCUT2D eigenvalue weighted by Gasteiger charge is 2.25. The lowest BCUT2D eigenvalue weighted by Gasteiger charge is -2.35. The van der Waals surface area contributed by atoms with Crippen LogP contribution in [0.25, 0.3) is 0 Å². The lowest BCUT2D eigenvalue weighted by atomic mass is 10.00. The first kappa shape index (κ1) is 19.4. The topological polar surface area (TPSA) is 44.8 Å². The maximum absolute atomic E-state index is 12.6. The number of halogens is 1. The Hall–Kier alpha value is -1.89. The predicted octanol–water partition coefficient (Wildman–Crippen LogP) is 3.24. The second-order valence-corrected chi connectivity index (χ2v) is 8.36. The highest BCUT2D eigenvalue weighted by molar-refractivity contribution is 9.10. The van der Waals surface area contributed by atoms with Gasteiger partial charge in [0.1, 0.15) is 0 Å². The van der Waals surface area contributed by atoms with Crippen LogP contribution in [0.5, 0.6) is 0 Å². The second-order valence-electron chi connectivity index (χ2n) is 7.44. The van der Waals surface area contributed by atoms with Crippen molar-refractivity contribution in [2.45, 2.75) is 12.5 Å². The van der Waals surface area contributed by atoms with Crippen molar-refractivity contribution in [1.82, 2.24) is 10.2 Å². The third kappa shape index (κ3) is 4.24. The van der Waals surface area contributed by atoms with Gasteiger partial charge in [0, 0.05) is 49.0 Å². The molecule has 0 saturated carbocycles. The molecule has 6 heteroatoms. The van der Waals surface area contributed by atoms with Crippen molar-refractivity contribution in [1.29, 1.82) is 0 Å². The summed E-state index contributed by atoms with van der Waals surface area (Å²) in [5.74, 6) is -0.0355. The number of fused-ring (bicyclic) bond motifs is 1. The molecular weight excluding hydrogens is 418 g/mol. The summed E-state index contributed by atoms with van der Waals surface area (Å²) in [7, 11) is 2.14. The van der Waals surface area contributed by atoms with Crippen LogP contribution in [-0.2, 0) is 11.2 Å². The summed E-state index contributed by atoms with van der Waals surface area (Å²) in [4.78, 5) is 17.4. The standard InChI is InChI=1S/C22H26BrN3O2/c1-25-9-8-18-14-17(4-7-20(18)25)21(26-10-12-28-13-11-26)15-24-22(27)16-2-5-19(23)6-3-16/h2-7,14,21H,8-13,15H2,1H3,(H,24,27)/t21-/m0/s1. The summed E-state index contributed by atoms with van der Waals surface area (Å²) < 4.78 is 6.51. The number of hydrogen-bond acceptors (Lipinski definition) is 4. The number of nitrogens with one attached hydrogen (secondary N) is 1. The fourth-order valence-electron chi connectivity index (χ4n) is 4.03. The molecule has 5 nitrogen and oxygen atoms in total. The molecule has 2 aromatic carbocycles. The summed E-state index contributed by atoms with van der Waals surface area (Å²) in [5.41, 5.74) is 4.67. The third-order valence-corrected chi connectivity index (χ3v) is 6.19. The molecule has 1 fully saturated rings. The number of rotatable bonds is 5. The van der Waals surface area contributed by atoms with E-state index in [1.165, 1.54) is 16.8 Å². The number of carbonyl (C=O) groups is 1. The first-order valence-electron chi connectivity index (χ1n) is 9.81. The van der Waals surface area contributed by atoms with Crippen LogP contribution in [0, 0.1) is 0 Å². The quantitative estimate of drug-likeness (QED) is 0.769. The van der Waals surface area contributed by atoms with Crippen LogP contribution in [0.15, 0.2) is 46.9 Å². The highest BCUT2D eigenvalue weighted by Crippen LogP contribution is 2.31. The van der Waals surface area contributed by atoms with Crippen LogP contribution in [0.1, 0.15) is 27.5 Å². The molecule has 1 atom stereocenters. The van der Waals surface area contributed by atoms with Gasteiger partial charge in [-0.1, -0.05) is 28.1 Å². The van der Waals surface area contributed by atoms with E-state index in [4.69, 9.17) is 4.74 Å². The van der Waals surface area contributed by atoms with Crippen molar-refractivity contribution < 1.29 is 9.53 Å². The molecular formula is C22H26BrN3O2. The van der Waals surface area contributed by atoms with Crippen LogP contribution in [0.3, 0.4) is 0 Å². The Morgan fingerprint density at radius 2 is 1.89 bits per heavy atom. The SMILES string of the molecule is CN1CCc2cc([C@H](CNC(=O)c3ccc(Br)cc3)N3CCOCC3)ccc21. The van der Waals surface area contributed by atoms with Gasteiger partial charge in [-0.2, -0.15) is 0 Å². The average Bonchev–Trinajstić information content (AvgIpc) is 3.10. The Morgan fingerprint density at radius 1 is 1.14 bits per heavy atom. The van der Waals surface area contributed by atoms with Crippen LogP contribution in [-0.4, -0.2) is 57.2 Å². The van der Waals surface area contributed by atoms with Gasteiger partial charge in [0.15, 0.2) is 0 Å². The fraction of sp³-hybridized carbons (Fsp3) is 0.409. The molecule has 28 heavy (non-hydrogen) atoms. The van der Waals surface area contributed by atoms with Gasteiger partial charge in [0.25, 0.3) is 5.91 Å². The number of likely N-dealkylation sites (N-methyl/N-ethyl adjacent to an activating group) is 1. The van der Waals surface area contributed by atoms with Gasteiger partial charge in [-0.15, -0.1) is 0 Å². The summed E-state index contributed by atoms with van der Waals surface area (Å²) in [6, 6.07) is 14.4. The van der Waals surface area contributed by atoms with Crippen molar-refractivity contribution in [3.63, 3.8) is 0 Å². The monoisotopic (exact) mass is 443 g/mol. The van der Waals surface area contributed by atoms with Crippen molar-refractivity contribution in [2.75, 3.05) is 51.3 Å². The lowest BCUT2D eigenvalue weighted by molar-refractivity contribution is 0.0162. The first-order chi connectivity index (χ1) is 13.6. The van der Waals surface area contributed by atoms with E-state index >= 15 is 0 Å². The van der Waals surface area contributed by atoms with E-state index in [1.807, 2.05) is 24.3 Å². The first-order valence-corrected chi connectivity index (χ1v) is 10.6. The number of ether oxygens (including phenoxy) is 1. The number of benzene rings is 2. The Balaban J connectivity index is 1.52. The Bertz CT molecular complexity index is 834. The van der Waals surface area contributed by atoms with E-state index in [2.05, 4.69) is 56.3 Å². The maximum atomic E-state index is 12.6. The van der Waals surface area contributed by atoms with Crippen molar-refractivity contribution in [3.05, 3.63) is 63.6 Å². The summed E-state index contributed by atoms with van der Waals surface area (Å²) in [6.45, 7) is 4.91. The molecule has 2 aliphatic rings. The zero-order valence-electron chi connectivity index (χ0n) is 16.2. The maximum Gasteiger partial charge on any atom is 0.251 e. The molecule has 2 heterocycles. The number of morpholine rings is 1. The molecule has 0 aliphatic carbocycles. The molecule has 1 N–H and O–H groups in total. The van der Waals surface area contributed by atoms with E-state index in [0.717, 1.165) is 43.7 Å². The Morgan fingerprint density at radius 3 is 2.64 bits per heavy atom. The second kappa shape index (κ2) is 8.64. The summed E-state index contributed by atoms with van der Waals surface area (Å²) >= 11 is 3.41. The van der Waals surface area contributed by atoms with Crippen LogP contribution in [0.4, 0.5) is 5.69 Å². The minimum absolute atomic E-state index is 0.0355. The molecule has 2 aromatic rings. The minimum atomic E-state index is -0.0355. The van der Waals surface area contributed by atoms with E-state index in [0.29, 0.717) is 12.1 Å². The molecule has 1 amide bonds. The van der Waals surface area contributed by atoms with Gasteiger partial charge < -0.3 is 15.0 Å². The highest BCUT2D eigenvalue weighted by atomic mass is 79.9. The van der Waals surface area contributed by atoms with Crippen LogP contribution in [0.2, 0.25) is 0 Å². The largest absolute Gasteiger partial charge is 0.379 e. The van der Waals surface area contributed by atoms with Gasteiger partial charge in [0.05, 0.1) is 19.3 Å². The molecule has 0 radical (unpaired) electrons. The third-order valence-electron chi connectivity index (χ3n) is 5.66. The number of nitrogens with zero attached hydrogens (tertiary/aromatic N) is 2. The minimum Gasteiger partial charge on any atom is -0.379 e. The molecule has 4 rings (SSSR count). The summed E-state index contributed by atoms with van der Waals surface area (Å²) in [6.07, 6.45) is 1.08. The van der Waals surface area contributed by atoms with Gasteiger partial charge in [-0.05, 0) is 47.9 Å². The average molecular weight is 444 g/mol. The lowest BCUT2D eigenvalue weighted by Crippen LogP contribution is -2.43. The van der Waals surface area contributed by atoms with E-state index in [1.54, 1.807) is 0 Å². The van der Waals surface area contributed by atoms with Crippen molar-refractivity contribution in [3.8, 4) is 0 Å². The van der Waals surface area contributed by atoms with E-state index < -0.39 is 0 Å². The molecule has 2 aliphatic heterocycles. The zero-order valence-corrected chi connectivity index (χ0v) is 17.7. The Labute approximate surface area is 174 Å². The van der Waals surface area contributed by atoms with Gasteiger partial charge >= 0.3 is 0 Å². The molecule has 0 bridgehead atoms. The number of hydrogen-bond donors (Lipinski definition) is 1. The van der Waals surface area contributed by atoms with Crippen LogP contribution >= 0.6 is 15.9 Å². The van der Waals surface area contributed by atoms with Gasteiger partial charge in [-0.3, -0.25) is 9.69 Å². The number of carbonyl (C=O) groups excluding carboxylic acids is 1. The van der Waals surface area contributed by atoms with Gasteiger partial charge in [-0.25, -0.2) is 0 Å². The normalized spacial score (nSPS) is 18.0. The summed E-state index contributed by atoms with van der Waals surface area (Å²) in [5, 5.41) is 3.14. The van der Waals surface area contributed by atoms with Gasteiger partial charge in [0.2, 0.25) is 0 Å². The molecule has 0 unspecified atom stereocenters. The predicted molar refractivity (Wildman–Crippen MR) is 115 cm³/mol. The zero-order chi connectivity index (χ0) is 19.5. The molecule has 0 aromatic heterocycles. The molecule has 1 saturated heterocycles. The molecule has 0 spiro atoms. The van der Waals surface area contributed by atoms with Crippen molar-refractivity contribution >= 4 is 27.5 Å². The van der Waals surface area contributed by atoms with E-state index in [-0.39, 0.29) is 11.9 Å². The fourth-order valence-corrected chi connectivity index (χ4v) is 4.30. The number of amides is 1. The smallest absolute Gasteiger partial charge is 0.251 e. The molecule has 148 valence electrons. The number of anilines is 1. The Kier molecular flexibility index (Phi) is 5.99. The van der Waals surface area contributed by atoms with E-state index in [9.17, 15) is 4.79 Å². The van der Waals surface area contributed by atoms with Crippen molar-refractivity contribution in [2.24, 2.45) is 0 Å². The van der Waals surface area contributed by atoms with Crippen LogP contribution < -0.4 is 10.2 Å².